The molecule has 2 N–H and O–H groups in total. The predicted molar refractivity (Wildman–Crippen MR) is 84.3 cm³/mol. The van der Waals surface area contributed by atoms with Crippen LogP contribution in [0.25, 0.3) is 0 Å². The molecule has 2 rings (SSSR count). The van der Waals surface area contributed by atoms with E-state index in [0.717, 1.165) is 5.56 Å². The molecule has 0 aliphatic rings. The van der Waals surface area contributed by atoms with Gasteiger partial charge in [-0.3, -0.25) is 10.1 Å². The normalized spacial score (nSPS) is 12.9. The zero-order valence-corrected chi connectivity index (χ0v) is 12.4. The predicted octanol–water partition coefficient (Wildman–Crippen LogP) is 3.38. The van der Waals surface area contributed by atoms with Crippen LogP contribution in [0.1, 0.15) is 31.0 Å². The maximum absolute atomic E-state index is 11.5. The summed E-state index contributed by atoms with van der Waals surface area (Å²) >= 11 is 0. The Balaban J connectivity index is 2.11. The molecule has 3 heteroatoms. The maximum atomic E-state index is 11.5. The lowest BCUT2D eigenvalue weighted by Gasteiger charge is -2.28. The molecule has 0 spiro atoms. The van der Waals surface area contributed by atoms with Gasteiger partial charge in [-0.2, -0.15) is 0 Å². The minimum absolute atomic E-state index is 0.135. The van der Waals surface area contributed by atoms with Gasteiger partial charge in [0.25, 0.3) is 0 Å². The summed E-state index contributed by atoms with van der Waals surface area (Å²) in [6, 6.07) is 18.7. The number of carboxylic acids is 1. The van der Waals surface area contributed by atoms with Crippen molar-refractivity contribution in [1.29, 1.82) is 0 Å². The smallest absolute Gasteiger partial charge is 0.325 e. The number of carboxylic acid groups (broad SMARTS) is 1. The van der Waals surface area contributed by atoms with Crippen molar-refractivity contribution in [3.8, 4) is 0 Å². The second kappa shape index (κ2) is 6.55. The molecular formula is C18H21NO2. The van der Waals surface area contributed by atoms with Crippen LogP contribution >= 0.6 is 0 Å². The molecule has 2 aromatic carbocycles. The molecule has 0 heterocycles. The molecule has 0 aliphatic heterocycles. The topological polar surface area (TPSA) is 49.3 Å². The molecule has 0 aromatic heterocycles. The minimum Gasteiger partial charge on any atom is -0.480 e. The first-order valence-electron chi connectivity index (χ1n) is 7.07. The third-order valence-electron chi connectivity index (χ3n) is 3.68. The highest BCUT2D eigenvalue weighted by Crippen LogP contribution is 2.23. The van der Waals surface area contributed by atoms with E-state index in [1.165, 1.54) is 5.56 Å². The molecule has 0 fully saturated rings. The largest absolute Gasteiger partial charge is 0.480 e. The van der Waals surface area contributed by atoms with E-state index in [2.05, 4.69) is 31.3 Å². The summed E-state index contributed by atoms with van der Waals surface area (Å²) in [5, 5.41) is 12.6. The average Bonchev–Trinajstić information content (AvgIpc) is 2.49. The van der Waals surface area contributed by atoms with Crippen molar-refractivity contribution in [3.05, 3.63) is 71.8 Å². The van der Waals surface area contributed by atoms with Gasteiger partial charge in [-0.1, -0.05) is 74.5 Å². The van der Waals surface area contributed by atoms with Gasteiger partial charge in [0.2, 0.25) is 0 Å². The van der Waals surface area contributed by atoms with E-state index in [-0.39, 0.29) is 5.41 Å². The summed E-state index contributed by atoms with van der Waals surface area (Å²) in [6.45, 7) is 4.81. The summed E-state index contributed by atoms with van der Waals surface area (Å²) in [7, 11) is 0. The SMILES string of the molecule is CC(C)(CNC(C(=O)O)c1ccccc1)c1ccccc1. The van der Waals surface area contributed by atoms with Crippen molar-refractivity contribution in [2.75, 3.05) is 6.54 Å². The average molecular weight is 283 g/mol. The second-order valence-electron chi connectivity index (χ2n) is 5.81. The van der Waals surface area contributed by atoms with Crippen molar-refractivity contribution in [2.24, 2.45) is 0 Å². The van der Waals surface area contributed by atoms with Crippen molar-refractivity contribution in [1.82, 2.24) is 5.32 Å². The van der Waals surface area contributed by atoms with Gasteiger partial charge in [0.05, 0.1) is 0 Å². The number of aliphatic carboxylic acids is 1. The van der Waals surface area contributed by atoms with Gasteiger partial charge in [0, 0.05) is 12.0 Å². The lowest BCUT2D eigenvalue weighted by molar-refractivity contribution is -0.139. The zero-order valence-electron chi connectivity index (χ0n) is 12.4. The Bertz CT molecular complexity index is 579. The van der Waals surface area contributed by atoms with Crippen LogP contribution in [0.5, 0.6) is 0 Å². The summed E-state index contributed by atoms with van der Waals surface area (Å²) in [4.78, 5) is 11.5. The molecule has 0 aliphatic carbocycles. The molecule has 0 saturated heterocycles. The second-order valence-corrected chi connectivity index (χ2v) is 5.81. The Morgan fingerprint density at radius 2 is 1.57 bits per heavy atom. The van der Waals surface area contributed by atoms with E-state index >= 15 is 0 Å². The summed E-state index contributed by atoms with van der Waals surface area (Å²) in [5.41, 5.74) is 1.83. The van der Waals surface area contributed by atoms with E-state index < -0.39 is 12.0 Å². The maximum Gasteiger partial charge on any atom is 0.325 e. The Hall–Kier alpha value is -2.13. The van der Waals surface area contributed by atoms with Crippen LogP contribution in [0.4, 0.5) is 0 Å². The van der Waals surface area contributed by atoms with Crippen molar-refractivity contribution >= 4 is 5.97 Å². The first-order valence-corrected chi connectivity index (χ1v) is 7.07. The Morgan fingerprint density at radius 1 is 1.05 bits per heavy atom. The van der Waals surface area contributed by atoms with E-state index in [1.807, 2.05) is 48.5 Å². The molecule has 0 saturated carbocycles. The van der Waals surface area contributed by atoms with Gasteiger partial charge >= 0.3 is 5.97 Å². The highest BCUT2D eigenvalue weighted by molar-refractivity contribution is 5.75. The van der Waals surface area contributed by atoms with E-state index in [9.17, 15) is 9.90 Å². The molecule has 21 heavy (non-hydrogen) atoms. The molecule has 0 bridgehead atoms. The van der Waals surface area contributed by atoms with Gasteiger partial charge in [-0.25, -0.2) is 0 Å². The number of benzene rings is 2. The number of rotatable bonds is 6. The summed E-state index contributed by atoms with van der Waals surface area (Å²) < 4.78 is 0. The number of hydrogen-bond acceptors (Lipinski definition) is 2. The molecule has 2 aromatic rings. The highest BCUT2D eigenvalue weighted by Gasteiger charge is 2.25. The molecule has 1 atom stereocenters. The molecular weight excluding hydrogens is 262 g/mol. The van der Waals surface area contributed by atoms with Gasteiger partial charge in [-0.15, -0.1) is 0 Å². The lowest BCUT2D eigenvalue weighted by Crippen LogP contribution is -2.38. The molecule has 1 unspecified atom stereocenters. The van der Waals surface area contributed by atoms with Crippen LogP contribution in [0.15, 0.2) is 60.7 Å². The molecule has 0 radical (unpaired) electrons. The standard InChI is InChI=1S/C18H21NO2/c1-18(2,15-11-7-4-8-12-15)13-19-16(17(20)21)14-9-5-3-6-10-14/h3-12,16,19H,13H2,1-2H3,(H,20,21). The number of carbonyl (C=O) groups is 1. The lowest BCUT2D eigenvalue weighted by atomic mass is 9.84. The molecule has 3 nitrogen and oxygen atoms in total. The Kier molecular flexibility index (Phi) is 4.76. The fourth-order valence-corrected chi connectivity index (χ4v) is 2.34. The van der Waals surface area contributed by atoms with E-state index in [0.29, 0.717) is 6.54 Å². The number of nitrogens with one attached hydrogen (secondary N) is 1. The van der Waals surface area contributed by atoms with Crippen LogP contribution in [0.3, 0.4) is 0 Å². The van der Waals surface area contributed by atoms with Gasteiger partial charge < -0.3 is 5.11 Å². The summed E-state index contributed by atoms with van der Waals surface area (Å²) in [5.74, 6) is -0.856. The van der Waals surface area contributed by atoms with Gasteiger partial charge in [-0.05, 0) is 11.1 Å². The Morgan fingerprint density at radius 3 is 2.10 bits per heavy atom. The first-order chi connectivity index (χ1) is 10.0. The van der Waals surface area contributed by atoms with Crippen molar-refractivity contribution < 1.29 is 9.90 Å². The minimum atomic E-state index is -0.856. The zero-order chi connectivity index (χ0) is 15.3. The van der Waals surface area contributed by atoms with Gasteiger partial charge in [0.15, 0.2) is 0 Å². The molecule has 0 amide bonds. The highest BCUT2D eigenvalue weighted by atomic mass is 16.4. The van der Waals surface area contributed by atoms with E-state index in [4.69, 9.17) is 0 Å². The van der Waals surface area contributed by atoms with E-state index in [1.54, 1.807) is 0 Å². The van der Waals surface area contributed by atoms with Gasteiger partial charge in [0.1, 0.15) is 6.04 Å². The molecule has 110 valence electrons. The Labute approximate surface area is 125 Å². The fraction of sp³-hybridized carbons (Fsp3) is 0.278. The monoisotopic (exact) mass is 283 g/mol. The fourth-order valence-electron chi connectivity index (χ4n) is 2.34. The van der Waals surface area contributed by atoms with Crippen LogP contribution in [-0.4, -0.2) is 17.6 Å². The number of hydrogen-bond donors (Lipinski definition) is 2. The van der Waals surface area contributed by atoms with Crippen LogP contribution < -0.4 is 5.32 Å². The summed E-state index contributed by atoms with van der Waals surface area (Å²) in [6.07, 6.45) is 0. The first kappa shape index (κ1) is 15.3. The van der Waals surface area contributed by atoms with Crippen LogP contribution in [0.2, 0.25) is 0 Å². The van der Waals surface area contributed by atoms with Crippen LogP contribution in [0, 0.1) is 0 Å². The quantitative estimate of drug-likeness (QED) is 0.854. The van der Waals surface area contributed by atoms with Crippen LogP contribution in [-0.2, 0) is 10.2 Å². The van der Waals surface area contributed by atoms with Crippen molar-refractivity contribution in [3.63, 3.8) is 0 Å². The van der Waals surface area contributed by atoms with Crippen molar-refractivity contribution in [2.45, 2.75) is 25.3 Å². The third-order valence-corrected chi connectivity index (χ3v) is 3.68. The third kappa shape index (κ3) is 3.92.